The Hall–Kier alpha value is -1.09. The van der Waals surface area contributed by atoms with Crippen molar-refractivity contribution in [2.75, 3.05) is 5.32 Å². The summed E-state index contributed by atoms with van der Waals surface area (Å²) in [5, 5.41) is 13.0. The van der Waals surface area contributed by atoms with Gasteiger partial charge >= 0.3 is 0 Å². The Kier molecular flexibility index (Phi) is 4.23. The smallest absolute Gasteiger partial charge is 0.130 e. The van der Waals surface area contributed by atoms with Crippen LogP contribution in [0.5, 0.6) is 0 Å². The van der Waals surface area contributed by atoms with Crippen molar-refractivity contribution in [2.24, 2.45) is 0 Å². The van der Waals surface area contributed by atoms with Crippen molar-refractivity contribution in [2.45, 2.75) is 25.8 Å². The molecule has 1 aromatic carbocycles. The number of aromatic nitrogens is 2. The Morgan fingerprint density at radius 2 is 2.11 bits per heavy atom. The van der Waals surface area contributed by atoms with E-state index in [1.54, 1.807) is 6.07 Å². The molecule has 0 radical (unpaired) electrons. The predicted octanol–water partition coefficient (Wildman–Crippen LogP) is 4.10. The highest BCUT2D eigenvalue weighted by Crippen LogP contribution is 2.35. The maximum absolute atomic E-state index is 8.76. The standard InChI is InChI=1S/C11H10Cl2N4S/c1-2-6(3-4-14)15-9-7(12)5-8(13)10-11(9)17-18-16-10/h5-6,15H,2-3H2,1H3. The average molecular weight is 301 g/mol. The molecule has 0 saturated heterocycles. The first-order valence-electron chi connectivity index (χ1n) is 5.41. The Bertz CT molecular complexity index is 605. The summed E-state index contributed by atoms with van der Waals surface area (Å²) in [6, 6.07) is 3.83. The first-order valence-corrected chi connectivity index (χ1v) is 6.89. The highest BCUT2D eigenvalue weighted by Gasteiger charge is 2.16. The lowest BCUT2D eigenvalue weighted by molar-refractivity contribution is 0.712. The fourth-order valence-corrected chi connectivity index (χ4v) is 2.79. The van der Waals surface area contributed by atoms with Crippen molar-refractivity contribution in [3.05, 3.63) is 16.1 Å². The lowest BCUT2D eigenvalue weighted by atomic mass is 10.1. The van der Waals surface area contributed by atoms with Crippen LogP contribution >= 0.6 is 34.9 Å². The number of fused-ring (bicyclic) bond motifs is 1. The van der Waals surface area contributed by atoms with E-state index in [1.165, 1.54) is 0 Å². The third-order valence-corrected chi connectivity index (χ3v) is 3.74. The Morgan fingerprint density at radius 1 is 1.39 bits per heavy atom. The highest BCUT2D eigenvalue weighted by molar-refractivity contribution is 7.00. The second-order valence-corrected chi connectivity index (χ2v) is 5.13. The number of halogens is 2. The van der Waals surface area contributed by atoms with Crippen LogP contribution in [0.1, 0.15) is 19.8 Å². The van der Waals surface area contributed by atoms with Gasteiger partial charge in [-0.1, -0.05) is 30.1 Å². The zero-order chi connectivity index (χ0) is 13.1. The summed E-state index contributed by atoms with van der Waals surface area (Å²) < 4.78 is 8.34. The van der Waals surface area contributed by atoms with Gasteiger partial charge in [-0.3, -0.25) is 0 Å². The number of anilines is 1. The maximum Gasteiger partial charge on any atom is 0.130 e. The monoisotopic (exact) mass is 300 g/mol. The van der Waals surface area contributed by atoms with E-state index in [0.717, 1.165) is 18.1 Å². The molecule has 1 atom stereocenters. The summed E-state index contributed by atoms with van der Waals surface area (Å²) in [5.41, 5.74) is 2.00. The second-order valence-electron chi connectivity index (χ2n) is 3.79. The van der Waals surface area contributed by atoms with Crippen molar-refractivity contribution in [3.63, 3.8) is 0 Å². The maximum atomic E-state index is 8.76. The molecule has 4 nitrogen and oxygen atoms in total. The molecule has 0 aliphatic rings. The summed E-state index contributed by atoms with van der Waals surface area (Å²) in [5.74, 6) is 0. The zero-order valence-corrected chi connectivity index (χ0v) is 11.9. The molecule has 18 heavy (non-hydrogen) atoms. The molecule has 0 saturated carbocycles. The first-order chi connectivity index (χ1) is 8.67. The van der Waals surface area contributed by atoms with E-state index in [1.807, 2.05) is 6.92 Å². The van der Waals surface area contributed by atoms with Gasteiger partial charge in [-0.15, -0.1) is 0 Å². The summed E-state index contributed by atoms with van der Waals surface area (Å²) in [7, 11) is 0. The molecule has 7 heteroatoms. The third kappa shape index (κ3) is 2.51. The third-order valence-electron chi connectivity index (χ3n) is 2.62. The molecule has 0 aliphatic carbocycles. The minimum atomic E-state index is 0.0403. The molecular weight excluding hydrogens is 291 g/mol. The molecule has 1 heterocycles. The number of rotatable bonds is 4. The summed E-state index contributed by atoms with van der Waals surface area (Å²) in [6.45, 7) is 2.01. The first kappa shape index (κ1) is 13.3. The molecule has 1 unspecified atom stereocenters. The minimum absolute atomic E-state index is 0.0403. The molecule has 94 valence electrons. The summed E-state index contributed by atoms with van der Waals surface area (Å²) in [4.78, 5) is 0. The molecule has 1 N–H and O–H groups in total. The number of benzene rings is 1. The normalized spacial score (nSPS) is 12.3. The van der Waals surface area contributed by atoms with Gasteiger partial charge in [0.1, 0.15) is 11.0 Å². The van der Waals surface area contributed by atoms with Crippen LogP contribution in [0.2, 0.25) is 10.0 Å². The lowest BCUT2D eigenvalue weighted by Crippen LogP contribution is -2.18. The van der Waals surface area contributed by atoms with Crippen LogP contribution < -0.4 is 5.32 Å². The van der Waals surface area contributed by atoms with Gasteiger partial charge in [0.2, 0.25) is 0 Å². The van der Waals surface area contributed by atoms with E-state index in [0.29, 0.717) is 33.2 Å². The van der Waals surface area contributed by atoms with Crippen molar-refractivity contribution in [1.29, 1.82) is 5.26 Å². The molecule has 0 aliphatic heterocycles. The van der Waals surface area contributed by atoms with Crippen molar-refractivity contribution >= 4 is 51.7 Å². The number of hydrogen-bond acceptors (Lipinski definition) is 5. The largest absolute Gasteiger partial charge is 0.378 e. The van der Waals surface area contributed by atoms with Gasteiger partial charge in [-0.05, 0) is 12.5 Å². The van der Waals surface area contributed by atoms with E-state index in [2.05, 4.69) is 20.1 Å². The van der Waals surface area contributed by atoms with Gasteiger partial charge < -0.3 is 5.32 Å². The SMILES string of the molecule is CCC(CC#N)Nc1c(Cl)cc(Cl)c2nsnc12. The summed E-state index contributed by atoms with van der Waals surface area (Å²) >= 11 is 13.3. The Balaban J connectivity index is 2.44. The topological polar surface area (TPSA) is 61.6 Å². The molecule has 1 aromatic heterocycles. The minimum Gasteiger partial charge on any atom is -0.378 e. The van der Waals surface area contributed by atoms with Crippen LogP contribution in [-0.4, -0.2) is 14.8 Å². The molecule has 0 bridgehead atoms. The van der Waals surface area contributed by atoms with Crippen LogP contribution in [0, 0.1) is 11.3 Å². The quantitative estimate of drug-likeness (QED) is 0.923. The molecular formula is C11H10Cl2N4S. The van der Waals surface area contributed by atoms with Gasteiger partial charge in [-0.25, -0.2) is 0 Å². The fraction of sp³-hybridized carbons (Fsp3) is 0.364. The number of nitrogens with one attached hydrogen (secondary N) is 1. The molecule has 2 aromatic rings. The molecule has 0 amide bonds. The van der Waals surface area contributed by atoms with Gasteiger partial charge in [0.25, 0.3) is 0 Å². The number of hydrogen-bond donors (Lipinski definition) is 1. The molecule has 0 fully saturated rings. The predicted molar refractivity (Wildman–Crippen MR) is 75.4 cm³/mol. The number of nitriles is 1. The second kappa shape index (κ2) is 5.70. The van der Waals surface area contributed by atoms with E-state index in [4.69, 9.17) is 28.5 Å². The van der Waals surface area contributed by atoms with E-state index in [-0.39, 0.29) is 6.04 Å². The highest BCUT2D eigenvalue weighted by atomic mass is 35.5. The summed E-state index contributed by atoms with van der Waals surface area (Å²) in [6.07, 6.45) is 1.24. The van der Waals surface area contributed by atoms with Crippen LogP contribution in [0.4, 0.5) is 5.69 Å². The zero-order valence-electron chi connectivity index (χ0n) is 9.57. The molecule has 0 spiro atoms. The van der Waals surface area contributed by atoms with Crippen molar-refractivity contribution in [3.8, 4) is 6.07 Å². The Morgan fingerprint density at radius 3 is 2.78 bits per heavy atom. The number of nitrogens with zero attached hydrogens (tertiary/aromatic N) is 3. The van der Waals surface area contributed by atoms with Crippen LogP contribution in [0.3, 0.4) is 0 Å². The fourth-order valence-electron chi connectivity index (χ4n) is 1.62. The van der Waals surface area contributed by atoms with Crippen LogP contribution in [0.15, 0.2) is 6.07 Å². The van der Waals surface area contributed by atoms with Gasteiger partial charge in [0.05, 0.1) is 40.0 Å². The van der Waals surface area contributed by atoms with Crippen LogP contribution in [-0.2, 0) is 0 Å². The van der Waals surface area contributed by atoms with Crippen molar-refractivity contribution < 1.29 is 0 Å². The van der Waals surface area contributed by atoms with Crippen molar-refractivity contribution in [1.82, 2.24) is 8.75 Å². The van der Waals surface area contributed by atoms with E-state index < -0.39 is 0 Å². The average Bonchev–Trinajstić information content (AvgIpc) is 2.82. The Labute approximate surface area is 119 Å². The van der Waals surface area contributed by atoms with Crippen LogP contribution in [0.25, 0.3) is 11.0 Å². The lowest BCUT2D eigenvalue weighted by Gasteiger charge is -2.16. The molecule has 2 rings (SSSR count). The van der Waals surface area contributed by atoms with Gasteiger partial charge in [-0.2, -0.15) is 14.0 Å². The van der Waals surface area contributed by atoms with Gasteiger partial charge in [0.15, 0.2) is 0 Å². The van der Waals surface area contributed by atoms with E-state index in [9.17, 15) is 0 Å². The van der Waals surface area contributed by atoms with E-state index >= 15 is 0 Å². The van der Waals surface area contributed by atoms with Gasteiger partial charge in [0, 0.05) is 6.04 Å².